The average Bonchev–Trinajstić information content (AvgIpc) is 2.98. The predicted molar refractivity (Wildman–Crippen MR) is 107 cm³/mol. The summed E-state index contributed by atoms with van der Waals surface area (Å²) in [4.78, 5) is 25.4. The van der Waals surface area contributed by atoms with E-state index in [9.17, 15) is 9.59 Å². The molecule has 1 aliphatic carbocycles. The van der Waals surface area contributed by atoms with Crippen LogP contribution >= 0.6 is 0 Å². The van der Waals surface area contributed by atoms with Gasteiger partial charge < -0.3 is 15.4 Å². The zero-order valence-electron chi connectivity index (χ0n) is 16.7. The SMILES string of the molecule is CC(C)=C[C@@H]1[C@@H](C(=O)Nc2ccccc2C(=O)NC[C@@H]2CCCO2)C1(C)C. The maximum absolute atomic E-state index is 12.8. The largest absolute Gasteiger partial charge is 0.376 e. The summed E-state index contributed by atoms with van der Waals surface area (Å²) in [5, 5.41) is 5.91. The van der Waals surface area contributed by atoms with E-state index < -0.39 is 0 Å². The van der Waals surface area contributed by atoms with E-state index in [1.807, 2.05) is 12.1 Å². The van der Waals surface area contributed by atoms with Crippen LogP contribution in [0.4, 0.5) is 5.69 Å². The molecule has 5 heteroatoms. The van der Waals surface area contributed by atoms with Gasteiger partial charge in [0.15, 0.2) is 0 Å². The van der Waals surface area contributed by atoms with Gasteiger partial charge in [-0.25, -0.2) is 0 Å². The second kappa shape index (κ2) is 7.85. The lowest BCUT2D eigenvalue weighted by molar-refractivity contribution is -0.118. The van der Waals surface area contributed by atoms with Gasteiger partial charge in [0.05, 0.1) is 23.3 Å². The first-order valence-corrected chi connectivity index (χ1v) is 9.75. The Labute approximate surface area is 161 Å². The second-order valence-electron chi connectivity index (χ2n) is 8.45. The van der Waals surface area contributed by atoms with Gasteiger partial charge in [-0.3, -0.25) is 9.59 Å². The van der Waals surface area contributed by atoms with Crippen LogP contribution < -0.4 is 10.6 Å². The van der Waals surface area contributed by atoms with Crippen molar-refractivity contribution in [2.24, 2.45) is 17.3 Å². The third-order valence-electron chi connectivity index (χ3n) is 5.65. The van der Waals surface area contributed by atoms with Crippen molar-refractivity contribution in [3.63, 3.8) is 0 Å². The zero-order chi connectivity index (χ0) is 19.6. The molecular formula is C22H30N2O3. The van der Waals surface area contributed by atoms with Gasteiger partial charge in [-0.2, -0.15) is 0 Å². The average molecular weight is 370 g/mol. The zero-order valence-corrected chi connectivity index (χ0v) is 16.7. The summed E-state index contributed by atoms with van der Waals surface area (Å²) < 4.78 is 5.55. The highest BCUT2D eigenvalue weighted by Crippen LogP contribution is 2.59. The summed E-state index contributed by atoms with van der Waals surface area (Å²) in [7, 11) is 0. The molecule has 146 valence electrons. The van der Waals surface area contributed by atoms with Crippen molar-refractivity contribution in [3.8, 4) is 0 Å². The lowest BCUT2D eigenvalue weighted by Crippen LogP contribution is -2.32. The molecule has 1 aliphatic heterocycles. The Morgan fingerprint density at radius 3 is 2.67 bits per heavy atom. The van der Waals surface area contributed by atoms with Crippen LogP contribution in [0.5, 0.6) is 0 Å². The fourth-order valence-corrected chi connectivity index (χ4v) is 3.96. The topological polar surface area (TPSA) is 67.4 Å². The van der Waals surface area contributed by atoms with Crippen molar-refractivity contribution >= 4 is 17.5 Å². The molecule has 1 aromatic rings. The second-order valence-corrected chi connectivity index (χ2v) is 8.45. The molecule has 0 radical (unpaired) electrons. The monoisotopic (exact) mass is 370 g/mol. The summed E-state index contributed by atoms with van der Waals surface area (Å²) in [6.07, 6.45) is 4.27. The third kappa shape index (κ3) is 4.41. The normalized spacial score (nSPS) is 25.6. The summed E-state index contributed by atoms with van der Waals surface area (Å²) in [6.45, 7) is 9.59. The van der Waals surface area contributed by atoms with Crippen LogP contribution in [0.2, 0.25) is 0 Å². The van der Waals surface area contributed by atoms with E-state index in [2.05, 4.69) is 44.4 Å². The number of nitrogens with one attached hydrogen (secondary N) is 2. The lowest BCUT2D eigenvalue weighted by atomic mass is 10.1. The highest BCUT2D eigenvalue weighted by molar-refractivity contribution is 6.05. The molecule has 2 aliphatic rings. The molecule has 1 saturated carbocycles. The Morgan fingerprint density at radius 1 is 1.26 bits per heavy atom. The van der Waals surface area contributed by atoms with E-state index in [-0.39, 0.29) is 35.2 Å². The van der Waals surface area contributed by atoms with E-state index in [4.69, 9.17) is 4.74 Å². The van der Waals surface area contributed by atoms with Gasteiger partial charge in [-0.05, 0) is 50.2 Å². The molecule has 2 amide bonds. The molecule has 3 rings (SSSR count). The van der Waals surface area contributed by atoms with E-state index >= 15 is 0 Å². The van der Waals surface area contributed by atoms with Crippen LogP contribution in [0, 0.1) is 17.3 Å². The number of para-hydroxylation sites is 1. The van der Waals surface area contributed by atoms with E-state index in [1.54, 1.807) is 12.1 Å². The first-order chi connectivity index (χ1) is 12.8. The van der Waals surface area contributed by atoms with Crippen LogP contribution in [0.1, 0.15) is 50.9 Å². The molecule has 2 fully saturated rings. The smallest absolute Gasteiger partial charge is 0.253 e. The minimum absolute atomic E-state index is 0.0260. The van der Waals surface area contributed by atoms with Gasteiger partial charge in [0.25, 0.3) is 5.91 Å². The predicted octanol–water partition coefficient (Wildman–Crippen LogP) is 3.77. The first-order valence-electron chi connectivity index (χ1n) is 9.75. The molecule has 0 unspecified atom stereocenters. The molecule has 1 aromatic carbocycles. The van der Waals surface area contributed by atoms with E-state index in [1.165, 1.54) is 5.57 Å². The van der Waals surface area contributed by atoms with Crippen LogP contribution in [-0.4, -0.2) is 31.1 Å². The maximum Gasteiger partial charge on any atom is 0.253 e. The van der Waals surface area contributed by atoms with Gasteiger partial charge >= 0.3 is 0 Å². The quantitative estimate of drug-likeness (QED) is 0.749. The number of carbonyl (C=O) groups excluding carboxylic acids is 2. The number of ether oxygens (including phenoxy) is 1. The number of carbonyl (C=O) groups is 2. The molecule has 0 spiro atoms. The summed E-state index contributed by atoms with van der Waals surface area (Å²) in [6, 6.07) is 7.16. The Hall–Kier alpha value is -2.14. The van der Waals surface area contributed by atoms with Crippen LogP contribution in [0.15, 0.2) is 35.9 Å². The Kier molecular flexibility index (Phi) is 5.70. The van der Waals surface area contributed by atoms with Gasteiger partial charge in [-0.1, -0.05) is 37.6 Å². The van der Waals surface area contributed by atoms with Gasteiger partial charge in [-0.15, -0.1) is 0 Å². The van der Waals surface area contributed by atoms with Gasteiger partial charge in [0.2, 0.25) is 5.91 Å². The molecule has 2 N–H and O–H groups in total. The third-order valence-corrected chi connectivity index (χ3v) is 5.65. The van der Waals surface area contributed by atoms with Crippen molar-refractivity contribution in [3.05, 3.63) is 41.5 Å². The number of rotatable bonds is 6. The van der Waals surface area contributed by atoms with Crippen molar-refractivity contribution in [2.45, 2.75) is 46.6 Å². The van der Waals surface area contributed by atoms with Crippen molar-refractivity contribution in [1.29, 1.82) is 0 Å². The van der Waals surface area contributed by atoms with Crippen LogP contribution in [-0.2, 0) is 9.53 Å². The molecule has 0 bridgehead atoms. The number of amides is 2. The number of hydrogen-bond acceptors (Lipinski definition) is 3. The van der Waals surface area contributed by atoms with Crippen LogP contribution in [0.3, 0.4) is 0 Å². The summed E-state index contributed by atoms with van der Waals surface area (Å²) in [5.74, 6) is -0.0439. The fourth-order valence-electron chi connectivity index (χ4n) is 3.96. The Bertz CT molecular complexity index is 744. The Morgan fingerprint density at radius 2 is 2.00 bits per heavy atom. The molecular weight excluding hydrogens is 340 g/mol. The van der Waals surface area contributed by atoms with Crippen LogP contribution in [0.25, 0.3) is 0 Å². The number of benzene rings is 1. The van der Waals surface area contributed by atoms with Crippen molar-refractivity contribution < 1.29 is 14.3 Å². The summed E-state index contributed by atoms with van der Waals surface area (Å²) in [5.41, 5.74) is 2.21. The molecule has 1 saturated heterocycles. The molecule has 0 aromatic heterocycles. The minimum Gasteiger partial charge on any atom is -0.376 e. The number of hydrogen-bond donors (Lipinski definition) is 2. The maximum atomic E-state index is 12.8. The molecule has 5 nitrogen and oxygen atoms in total. The number of anilines is 1. The van der Waals surface area contributed by atoms with Gasteiger partial charge in [0.1, 0.15) is 0 Å². The fraction of sp³-hybridized carbons (Fsp3) is 0.545. The standard InChI is InChI=1S/C22H30N2O3/c1-14(2)12-17-19(22(17,3)4)21(26)24-18-10-6-5-9-16(18)20(25)23-13-15-8-7-11-27-15/h5-6,9-10,12,15,17,19H,7-8,11,13H2,1-4H3,(H,23,25)(H,24,26)/t15-,17+,19-/m0/s1. The molecule has 27 heavy (non-hydrogen) atoms. The molecule has 1 heterocycles. The van der Waals surface area contributed by atoms with E-state index in [0.717, 1.165) is 19.4 Å². The Balaban J connectivity index is 1.66. The van der Waals surface area contributed by atoms with Crippen molar-refractivity contribution in [2.75, 3.05) is 18.5 Å². The highest BCUT2D eigenvalue weighted by Gasteiger charge is 2.60. The van der Waals surface area contributed by atoms with Crippen molar-refractivity contribution in [1.82, 2.24) is 5.32 Å². The lowest BCUT2D eigenvalue weighted by Gasteiger charge is -2.14. The highest BCUT2D eigenvalue weighted by atomic mass is 16.5. The summed E-state index contributed by atoms with van der Waals surface area (Å²) >= 11 is 0. The van der Waals surface area contributed by atoms with E-state index in [0.29, 0.717) is 17.8 Å². The number of allylic oxidation sites excluding steroid dienone is 2. The first kappa shape index (κ1) is 19.6. The molecule has 3 atom stereocenters. The minimum atomic E-state index is -0.183. The van der Waals surface area contributed by atoms with Gasteiger partial charge in [0, 0.05) is 13.2 Å².